The van der Waals surface area contributed by atoms with E-state index in [2.05, 4.69) is 30.8 Å². The lowest BCUT2D eigenvalue weighted by molar-refractivity contribution is 0.102. The minimum Gasteiger partial charge on any atom is -0.506 e. The van der Waals surface area contributed by atoms with Crippen LogP contribution in [0.4, 0.5) is 29.2 Å². The number of nitrogens with two attached hydrogens (primary N) is 2. The first-order valence-electron chi connectivity index (χ1n) is 12.5. The lowest BCUT2D eigenvalue weighted by atomic mass is 10.0. The van der Waals surface area contributed by atoms with Gasteiger partial charge in [0.1, 0.15) is 5.75 Å². The number of aromatic hydroxyl groups is 1. The fourth-order valence-electron chi connectivity index (χ4n) is 4.54. The highest BCUT2D eigenvalue weighted by Crippen LogP contribution is 2.29. The van der Waals surface area contributed by atoms with E-state index in [-0.39, 0.29) is 29.4 Å². The molecule has 2 aliphatic heterocycles. The number of rotatable bonds is 6. The Morgan fingerprint density at radius 1 is 0.974 bits per heavy atom. The third-order valence-corrected chi connectivity index (χ3v) is 6.67. The van der Waals surface area contributed by atoms with E-state index in [0.717, 1.165) is 32.6 Å². The Balaban J connectivity index is 1.37. The van der Waals surface area contributed by atoms with Crippen LogP contribution in [0.25, 0.3) is 0 Å². The van der Waals surface area contributed by atoms with E-state index in [1.165, 1.54) is 6.07 Å². The maximum absolute atomic E-state index is 12.5. The van der Waals surface area contributed by atoms with Crippen molar-refractivity contribution in [2.24, 2.45) is 11.5 Å². The summed E-state index contributed by atoms with van der Waals surface area (Å²) >= 11 is 5.89. The molecule has 2 aliphatic rings. The fourth-order valence-corrected chi connectivity index (χ4v) is 4.67. The Hall–Kier alpha value is -3.71. The highest BCUT2D eigenvalue weighted by Gasteiger charge is 2.26. The van der Waals surface area contributed by atoms with Crippen LogP contribution in [0.2, 0.25) is 5.02 Å². The van der Waals surface area contributed by atoms with Gasteiger partial charge in [0.05, 0.1) is 5.69 Å². The van der Waals surface area contributed by atoms with Gasteiger partial charge in [-0.15, -0.1) is 0 Å². The molecule has 12 nitrogen and oxygen atoms in total. The van der Waals surface area contributed by atoms with Crippen molar-refractivity contribution in [3.05, 3.63) is 53.1 Å². The van der Waals surface area contributed by atoms with Crippen molar-refractivity contribution < 1.29 is 9.90 Å². The number of halogens is 1. The summed E-state index contributed by atoms with van der Waals surface area (Å²) in [5.74, 6) is 0.911. The first-order chi connectivity index (χ1) is 18.3. The molecule has 2 atom stereocenters. The van der Waals surface area contributed by atoms with Crippen molar-refractivity contribution in [1.29, 1.82) is 0 Å². The summed E-state index contributed by atoms with van der Waals surface area (Å²) < 4.78 is 0. The minimum absolute atomic E-state index is 0.0675. The normalized spacial score (nSPS) is 19.8. The molecule has 5 rings (SSSR count). The molecule has 8 N–H and O–H groups in total. The Kier molecular flexibility index (Phi) is 7.74. The highest BCUT2D eigenvalue weighted by atomic mass is 35.5. The molecule has 13 heteroatoms. The lowest BCUT2D eigenvalue weighted by Crippen LogP contribution is -2.53. The second-order valence-corrected chi connectivity index (χ2v) is 9.91. The average Bonchev–Trinajstić information content (AvgIpc) is 2.90. The topological polar surface area (TPSA) is 171 Å². The van der Waals surface area contributed by atoms with Gasteiger partial charge in [-0.1, -0.05) is 11.6 Å². The van der Waals surface area contributed by atoms with Gasteiger partial charge in [-0.05, 0) is 42.8 Å². The maximum Gasteiger partial charge on any atom is 0.255 e. The second kappa shape index (κ2) is 11.4. The number of phenolic OH excluding ortho intramolecular Hbond substituents is 1. The molecule has 0 unspecified atom stereocenters. The van der Waals surface area contributed by atoms with E-state index in [1.807, 2.05) is 4.90 Å². The van der Waals surface area contributed by atoms with E-state index in [9.17, 15) is 9.90 Å². The number of amides is 1. The van der Waals surface area contributed by atoms with Crippen molar-refractivity contribution in [3.63, 3.8) is 0 Å². The van der Waals surface area contributed by atoms with Gasteiger partial charge in [-0.25, -0.2) is 0 Å². The average molecular weight is 539 g/mol. The van der Waals surface area contributed by atoms with Crippen LogP contribution in [-0.4, -0.2) is 77.3 Å². The van der Waals surface area contributed by atoms with Gasteiger partial charge in [0, 0.05) is 73.7 Å². The number of carbonyl (C=O) groups excluding carboxylic acids is 1. The zero-order valence-electron chi connectivity index (χ0n) is 20.8. The van der Waals surface area contributed by atoms with Gasteiger partial charge in [0.2, 0.25) is 17.8 Å². The van der Waals surface area contributed by atoms with Crippen molar-refractivity contribution in [3.8, 4) is 5.75 Å². The molecule has 0 saturated carbocycles. The number of carbonyl (C=O) groups is 1. The Morgan fingerprint density at radius 2 is 1.63 bits per heavy atom. The Morgan fingerprint density at radius 3 is 2.29 bits per heavy atom. The van der Waals surface area contributed by atoms with Gasteiger partial charge in [-0.3, -0.25) is 4.79 Å². The Labute approximate surface area is 225 Å². The third kappa shape index (κ3) is 6.22. The monoisotopic (exact) mass is 538 g/mol. The number of anilines is 5. The van der Waals surface area contributed by atoms with E-state index in [0.29, 0.717) is 47.2 Å². The van der Waals surface area contributed by atoms with Gasteiger partial charge in [0.25, 0.3) is 5.91 Å². The number of piperazine rings is 1. The smallest absolute Gasteiger partial charge is 0.255 e. The van der Waals surface area contributed by atoms with Gasteiger partial charge < -0.3 is 42.3 Å². The molecule has 2 saturated heterocycles. The summed E-state index contributed by atoms with van der Waals surface area (Å²) in [5, 5.41) is 20.3. The number of aromatic nitrogens is 3. The standard InChI is InChI=1S/C25H31ClN10O2/c26-16-3-1-15(2-4-16)22(38)31-20-6-5-19(12-21(20)37)30-23-32-24(35-9-7-29-8-10-35)34-25(33-23)36-13-17(27)11-18(28)14-36/h1-6,12,17-18,29,37H,7-11,13-14,27-28H2,(H,31,38)(H,30,32,33,34)/t17-,18+. The van der Waals surface area contributed by atoms with E-state index >= 15 is 0 Å². The first-order valence-corrected chi connectivity index (χ1v) is 12.9. The summed E-state index contributed by atoms with van der Waals surface area (Å²) in [6.07, 6.45) is 0.748. The van der Waals surface area contributed by atoms with Crippen molar-refractivity contribution >= 4 is 46.7 Å². The zero-order valence-corrected chi connectivity index (χ0v) is 21.5. The quantitative estimate of drug-likeness (QED) is 0.251. The van der Waals surface area contributed by atoms with Gasteiger partial charge in [-0.2, -0.15) is 15.0 Å². The summed E-state index contributed by atoms with van der Waals surface area (Å²) in [4.78, 5) is 30.6. The molecule has 1 amide bonds. The molecule has 200 valence electrons. The number of nitrogens with zero attached hydrogens (tertiary/aromatic N) is 5. The molecule has 2 fully saturated rings. The fraction of sp³-hybridized carbons (Fsp3) is 0.360. The molecule has 0 aliphatic carbocycles. The largest absolute Gasteiger partial charge is 0.506 e. The van der Waals surface area contributed by atoms with Crippen LogP contribution in [0.15, 0.2) is 42.5 Å². The molecule has 0 bridgehead atoms. The number of benzene rings is 2. The second-order valence-electron chi connectivity index (χ2n) is 9.47. The van der Waals surface area contributed by atoms with Crippen LogP contribution >= 0.6 is 11.6 Å². The number of piperidine rings is 1. The number of hydrogen-bond donors (Lipinski definition) is 6. The van der Waals surface area contributed by atoms with Crippen LogP contribution in [0.1, 0.15) is 16.8 Å². The number of hydrogen-bond acceptors (Lipinski definition) is 11. The summed E-state index contributed by atoms with van der Waals surface area (Å²) in [6.45, 7) is 4.40. The van der Waals surface area contributed by atoms with Crippen molar-refractivity contribution in [1.82, 2.24) is 20.3 Å². The molecular weight excluding hydrogens is 508 g/mol. The SMILES string of the molecule is N[C@@H]1C[C@H](N)CN(c2nc(Nc3ccc(NC(=O)c4ccc(Cl)cc4)c(O)c3)nc(N3CCNCC3)n2)C1. The molecule has 3 heterocycles. The number of nitrogens with one attached hydrogen (secondary N) is 3. The highest BCUT2D eigenvalue weighted by molar-refractivity contribution is 6.30. The van der Waals surface area contributed by atoms with Crippen molar-refractivity contribution in [2.45, 2.75) is 18.5 Å². The van der Waals surface area contributed by atoms with Crippen LogP contribution in [-0.2, 0) is 0 Å². The minimum atomic E-state index is -0.363. The van der Waals surface area contributed by atoms with Gasteiger partial charge in [0.15, 0.2) is 0 Å². The third-order valence-electron chi connectivity index (χ3n) is 6.42. The van der Waals surface area contributed by atoms with Crippen LogP contribution < -0.4 is 37.2 Å². The molecule has 2 aromatic carbocycles. The van der Waals surface area contributed by atoms with Gasteiger partial charge >= 0.3 is 0 Å². The summed E-state index contributed by atoms with van der Waals surface area (Å²) in [5.41, 5.74) is 13.7. The summed E-state index contributed by atoms with van der Waals surface area (Å²) in [6, 6.07) is 11.2. The molecule has 0 spiro atoms. The maximum atomic E-state index is 12.5. The zero-order chi connectivity index (χ0) is 26.6. The predicted molar refractivity (Wildman–Crippen MR) is 148 cm³/mol. The Bertz CT molecular complexity index is 1280. The van der Waals surface area contributed by atoms with Crippen LogP contribution in [0.3, 0.4) is 0 Å². The number of phenols is 1. The van der Waals surface area contributed by atoms with Crippen LogP contribution in [0.5, 0.6) is 5.75 Å². The summed E-state index contributed by atoms with van der Waals surface area (Å²) in [7, 11) is 0. The molecule has 3 aromatic rings. The molecule has 0 radical (unpaired) electrons. The van der Waals surface area contributed by atoms with E-state index < -0.39 is 0 Å². The van der Waals surface area contributed by atoms with E-state index in [4.69, 9.17) is 28.1 Å². The first kappa shape index (κ1) is 25.9. The lowest BCUT2D eigenvalue weighted by Gasteiger charge is -2.35. The van der Waals surface area contributed by atoms with Crippen LogP contribution in [0, 0.1) is 0 Å². The molecule has 38 heavy (non-hydrogen) atoms. The molecule has 1 aromatic heterocycles. The van der Waals surface area contributed by atoms with Crippen molar-refractivity contribution in [2.75, 3.05) is 59.7 Å². The molecular formula is C25H31ClN10O2. The predicted octanol–water partition coefficient (Wildman–Crippen LogP) is 1.50. The van der Waals surface area contributed by atoms with E-state index in [1.54, 1.807) is 36.4 Å².